The molecular formula is C29H28ClN5O4. The molecule has 200 valence electrons. The van der Waals surface area contributed by atoms with Crippen LogP contribution in [-0.4, -0.2) is 48.1 Å². The Hall–Kier alpha value is -4.29. The first kappa shape index (κ1) is 26.3. The number of hydrogen-bond acceptors (Lipinski definition) is 6. The van der Waals surface area contributed by atoms with E-state index in [2.05, 4.69) is 28.3 Å². The highest BCUT2D eigenvalue weighted by Gasteiger charge is 2.27. The number of nitrogens with one attached hydrogen (secondary N) is 2. The van der Waals surface area contributed by atoms with Crippen LogP contribution in [0.1, 0.15) is 42.7 Å². The van der Waals surface area contributed by atoms with Gasteiger partial charge in [0, 0.05) is 42.8 Å². The summed E-state index contributed by atoms with van der Waals surface area (Å²) in [5.41, 5.74) is 2.31. The zero-order valence-corrected chi connectivity index (χ0v) is 22.3. The molecule has 3 aromatic rings. The average molecular weight is 546 g/mol. The summed E-state index contributed by atoms with van der Waals surface area (Å²) >= 11 is 6.44. The highest BCUT2D eigenvalue weighted by atomic mass is 35.5. The van der Waals surface area contributed by atoms with Crippen molar-refractivity contribution in [3.8, 4) is 23.3 Å². The Labute approximate surface area is 231 Å². The predicted molar refractivity (Wildman–Crippen MR) is 148 cm³/mol. The number of nitriles is 1. The Bertz CT molecular complexity index is 1490. The number of likely N-dealkylation sites (tertiary alicyclic amines) is 1. The van der Waals surface area contributed by atoms with E-state index in [0.717, 1.165) is 31.2 Å². The molecule has 2 aromatic carbocycles. The standard InChI is InChI=1S/C29H28ClN5O4/c1-3-27(36)35-10-8-17(9-11-35)21-13-22-25(14-26(21)38-2)32-16-18(15-31)28(22)39-20-6-7-24(23(30)12-20)34-29(37)33-19-4-5-19/h3,6-7,12-14,16-17,19H,1,4-5,8-11H2,2H3,(H2,33,34,37). The lowest BCUT2D eigenvalue weighted by molar-refractivity contribution is -0.127. The van der Waals surface area contributed by atoms with Gasteiger partial charge in [-0.3, -0.25) is 9.78 Å². The molecule has 2 N–H and O–H groups in total. The first-order valence-electron chi connectivity index (χ1n) is 12.8. The van der Waals surface area contributed by atoms with Gasteiger partial charge in [0.05, 0.1) is 23.3 Å². The number of urea groups is 1. The summed E-state index contributed by atoms with van der Waals surface area (Å²) < 4.78 is 11.9. The molecule has 1 saturated heterocycles. The number of rotatable bonds is 7. The Morgan fingerprint density at radius 1 is 1.21 bits per heavy atom. The lowest BCUT2D eigenvalue weighted by Crippen LogP contribution is -2.36. The summed E-state index contributed by atoms with van der Waals surface area (Å²) in [4.78, 5) is 30.4. The maximum absolute atomic E-state index is 12.1. The second kappa shape index (κ2) is 11.2. The van der Waals surface area contributed by atoms with Crippen molar-refractivity contribution >= 4 is 40.1 Å². The average Bonchev–Trinajstić information content (AvgIpc) is 3.77. The highest BCUT2D eigenvalue weighted by Crippen LogP contribution is 2.41. The molecule has 0 bridgehead atoms. The van der Waals surface area contributed by atoms with E-state index in [-0.39, 0.29) is 29.5 Å². The molecule has 0 unspecified atom stereocenters. The van der Waals surface area contributed by atoms with Crippen LogP contribution in [0.5, 0.6) is 17.2 Å². The van der Waals surface area contributed by atoms with Gasteiger partial charge in [-0.05, 0) is 61.4 Å². The Morgan fingerprint density at radius 3 is 2.62 bits per heavy atom. The van der Waals surface area contributed by atoms with Crippen molar-refractivity contribution in [3.63, 3.8) is 0 Å². The summed E-state index contributed by atoms with van der Waals surface area (Å²) in [6.07, 6.45) is 6.31. The molecule has 2 fully saturated rings. The number of nitrogens with zero attached hydrogens (tertiary/aromatic N) is 3. The molecule has 39 heavy (non-hydrogen) atoms. The first-order chi connectivity index (χ1) is 18.9. The van der Waals surface area contributed by atoms with Gasteiger partial charge >= 0.3 is 6.03 Å². The maximum Gasteiger partial charge on any atom is 0.319 e. The normalized spacial score (nSPS) is 15.4. The van der Waals surface area contributed by atoms with Crippen LogP contribution in [0.4, 0.5) is 10.5 Å². The number of amides is 3. The third-order valence-corrected chi connectivity index (χ3v) is 7.35. The number of ether oxygens (including phenoxy) is 2. The van der Waals surface area contributed by atoms with Gasteiger partial charge in [-0.25, -0.2) is 4.79 Å². The number of pyridine rings is 1. The van der Waals surface area contributed by atoms with Crippen molar-refractivity contribution in [2.45, 2.75) is 37.6 Å². The number of aromatic nitrogens is 1. The number of hydrogen-bond donors (Lipinski definition) is 2. The van der Waals surface area contributed by atoms with E-state index in [4.69, 9.17) is 21.1 Å². The summed E-state index contributed by atoms with van der Waals surface area (Å²) in [7, 11) is 1.62. The van der Waals surface area contributed by atoms with E-state index >= 15 is 0 Å². The summed E-state index contributed by atoms with van der Waals surface area (Å²) in [6, 6.07) is 10.8. The van der Waals surface area contributed by atoms with E-state index in [1.54, 1.807) is 30.2 Å². The van der Waals surface area contributed by atoms with Gasteiger partial charge < -0.3 is 25.0 Å². The lowest BCUT2D eigenvalue weighted by atomic mass is 9.87. The quantitative estimate of drug-likeness (QED) is 0.366. The molecule has 5 rings (SSSR count). The number of benzene rings is 2. The van der Waals surface area contributed by atoms with E-state index < -0.39 is 0 Å². The fraction of sp³-hybridized carbons (Fsp3) is 0.310. The molecule has 0 radical (unpaired) electrons. The molecule has 0 spiro atoms. The smallest absolute Gasteiger partial charge is 0.319 e. The zero-order chi connectivity index (χ0) is 27.5. The molecule has 1 saturated carbocycles. The number of halogens is 1. The third-order valence-electron chi connectivity index (χ3n) is 7.03. The van der Waals surface area contributed by atoms with Crippen molar-refractivity contribution in [1.29, 1.82) is 5.26 Å². The number of carbonyl (C=O) groups is 2. The zero-order valence-electron chi connectivity index (χ0n) is 21.5. The van der Waals surface area contributed by atoms with Gasteiger partial charge in [0.15, 0.2) is 5.75 Å². The molecule has 1 aliphatic carbocycles. The molecule has 3 amide bonds. The van der Waals surface area contributed by atoms with Gasteiger partial charge in [0.2, 0.25) is 5.91 Å². The van der Waals surface area contributed by atoms with Crippen molar-refractivity contribution in [3.05, 3.63) is 65.3 Å². The van der Waals surface area contributed by atoms with Crippen LogP contribution < -0.4 is 20.1 Å². The van der Waals surface area contributed by atoms with Crippen LogP contribution in [0.15, 0.2) is 49.2 Å². The molecular weight excluding hydrogens is 518 g/mol. The van der Waals surface area contributed by atoms with Gasteiger partial charge in [-0.1, -0.05) is 18.2 Å². The second-order valence-corrected chi connectivity index (χ2v) is 10.1. The Balaban J connectivity index is 1.45. The number of anilines is 1. The number of methoxy groups -OCH3 is 1. The van der Waals surface area contributed by atoms with Gasteiger partial charge in [0.1, 0.15) is 23.1 Å². The molecule has 9 nitrogen and oxygen atoms in total. The largest absolute Gasteiger partial charge is 0.496 e. The third kappa shape index (κ3) is 5.76. The van der Waals surface area contributed by atoms with Crippen LogP contribution in [0.25, 0.3) is 10.9 Å². The van der Waals surface area contributed by atoms with Crippen LogP contribution in [0.2, 0.25) is 5.02 Å². The minimum Gasteiger partial charge on any atom is -0.496 e. The Kier molecular flexibility index (Phi) is 7.57. The molecule has 0 atom stereocenters. The fourth-order valence-corrected chi connectivity index (χ4v) is 5.01. The summed E-state index contributed by atoms with van der Waals surface area (Å²) in [6.45, 7) is 4.82. The minimum atomic E-state index is -0.305. The van der Waals surface area contributed by atoms with E-state index in [0.29, 0.717) is 52.0 Å². The first-order valence-corrected chi connectivity index (χ1v) is 13.1. The SMILES string of the molecule is C=CC(=O)N1CCC(c2cc3c(Oc4ccc(NC(=O)NC5CC5)c(Cl)c4)c(C#N)cnc3cc2OC)CC1. The van der Waals surface area contributed by atoms with E-state index in [1.807, 2.05) is 12.1 Å². The van der Waals surface area contributed by atoms with Crippen molar-refractivity contribution < 1.29 is 19.1 Å². The fourth-order valence-electron chi connectivity index (χ4n) is 4.79. The Morgan fingerprint density at radius 2 is 1.97 bits per heavy atom. The second-order valence-electron chi connectivity index (χ2n) is 9.64. The molecule has 2 aliphatic rings. The number of fused-ring (bicyclic) bond motifs is 1. The van der Waals surface area contributed by atoms with Crippen LogP contribution in [0.3, 0.4) is 0 Å². The maximum atomic E-state index is 12.1. The van der Waals surface area contributed by atoms with E-state index in [1.165, 1.54) is 12.3 Å². The predicted octanol–water partition coefficient (Wildman–Crippen LogP) is 5.74. The molecule has 2 heterocycles. The van der Waals surface area contributed by atoms with E-state index in [9.17, 15) is 14.9 Å². The minimum absolute atomic E-state index is 0.0686. The van der Waals surface area contributed by atoms with Crippen LogP contribution in [-0.2, 0) is 4.79 Å². The van der Waals surface area contributed by atoms with Crippen LogP contribution in [0, 0.1) is 11.3 Å². The van der Waals surface area contributed by atoms with Gasteiger partial charge in [0.25, 0.3) is 0 Å². The number of carbonyl (C=O) groups excluding carboxylic acids is 2. The summed E-state index contributed by atoms with van der Waals surface area (Å²) in [5, 5.41) is 16.4. The lowest BCUT2D eigenvalue weighted by Gasteiger charge is -2.32. The number of piperidine rings is 1. The van der Waals surface area contributed by atoms with Gasteiger partial charge in [-0.15, -0.1) is 0 Å². The van der Waals surface area contributed by atoms with Crippen molar-refractivity contribution in [2.75, 3.05) is 25.5 Å². The van der Waals surface area contributed by atoms with Crippen LogP contribution >= 0.6 is 11.6 Å². The molecule has 10 heteroatoms. The monoisotopic (exact) mass is 545 g/mol. The van der Waals surface area contributed by atoms with Crippen molar-refractivity contribution in [1.82, 2.24) is 15.2 Å². The molecule has 1 aliphatic heterocycles. The summed E-state index contributed by atoms with van der Waals surface area (Å²) in [5.74, 6) is 1.54. The van der Waals surface area contributed by atoms with Crippen molar-refractivity contribution in [2.24, 2.45) is 0 Å². The van der Waals surface area contributed by atoms with Gasteiger partial charge in [-0.2, -0.15) is 5.26 Å². The topological polar surface area (TPSA) is 117 Å². The molecule has 1 aromatic heterocycles. The highest BCUT2D eigenvalue weighted by molar-refractivity contribution is 6.33.